The van der Waals surface area contributed by atoms with Crippen LogP contribution in [0.25, 0.3) is 0 Å². The Kier molecular flexibility index (Phi) is 6.65. The Hall–Kier alpha value is -1.42. The molecule has 0 saturated heterocycles. The van der Waals surface area contributed by atoms with E-state index in [2.05, 4.69) is 13.8 Å². The molecular formula is C16H25FN2O. The lowest BCUT2D eigenvalue weighted by Gasteiger charge is -2.24. The molecule has 1 aromatic rings. The van der Waals surface area contributed by atoms with Crippen LogP contribution in [0.2, 0.25) is 0 Å². The fourth-order valence-electron chi connectivity index (χ4n) is 2.41. The van der Waals surface area contributed by atoms with Crippen LogP contribution in [-0.4, -0.2) is 19.0 Å². The third-order valence-electron chi connectivity index (χ3n) is 3.36. The summed E-state index contributed by atoms with van der Waals surface area (Å²) in [6, 6.07) is 6.02. The molecule has 0 saturated carbocycles. The highest BCUT2D eigenvalue weighted by molar-refractivity contribution is 5.93. The second-order valence-corrected chi connectivity index (χ2v) is 5.55. The van der Waals surface area contributed by atoms with E-state index in [-0.39, 0.29) is 17.6 Å². The van der Waals surface area contributed by atoms with Crippen LogP contribution >= 0.6 is 0 Å². The number of carbonyl (C=O) groups excluding carboxylic acids is 1. The van der Waals surface area contributed by atoms with E-state index in [0.29, 0.717) is 25.4 Å². The van der Waals surface area contributed by atoms with Crippen LogP contribution in [0.3, 0.4) is 0 Å². The Bertz CT molecular complexity index is 417. The highest BCUT2D eigenvalue weighted by Gasteiger charge is 2.19. The molecule has 0 heterocycles. The van der Waals surface area contributed by atoms with Gasteiger partial charge in [0.1, 0.15) is 5.82 Å². The number of hydrogen-bond acceptors (Lipinski definition) is 2. The molecule has 20 heavy (non-hydrogen) atoms. The highest BCUT2D eigenvalue weighted by Crippen LogP contribution is 2.20. The summed E-state index contributed by atoms with van der Waals surface area (Å²) >= 11 is 0. The van der Waals surface area contributed by atoms with E-state index in [1.807, 2.05) is 6.92 Å². The summed E-state index contributed by atoms with van der Waals surface area (Å²) in [7, 11) is 0. The van der Waals surface area contributed by atoms with Crippen molar-refractivity contribution in [3.05, 3.63) is 30.1 Å². The van der Waals surface area contributed by atoms with Crippen molar-refractivity contribution < 1.29 is 9.18 Å². The Morgan fingerprint density at radius 2 is 1.90 bits per heavy atom. The number of rotatable bonds is 7. The van der Waals surface area contributed by atoms with Crippen molar-refractivity contribution in [2.75, 3.05) is 18.0 Å². The summed E-state index contributed by atoms with van der Waals surface area (Å²) in [4.78, 5) is 14.1. The van der Waals surface area contributed by atoms with Gasteiger partial charge in [-0.15, -0.1) is 0 Å². The largest absolute Gasteiger partial charge is 0.330 e. The average molecular weight is 280 g/mol. The number of nitrogens with zero attached hydrogens (tertiary/aromatic N) is 1. The number of anilines is 1. The third kappa shape index (κ3) is 4.93. The van der Waals surface area contributed by atoms with Gasteiger partial charge in [-0.25, -0.2) is 4.39 Å². The summed E-state index contributed by atoms with van der Waals surface area (Å²) in [5.41, 5.74) is 6.48. The van der Waals surface area contributed by atoms with Gasteiger partial charge < -0.3 is 10.6 Å². The second-order valence-electron chi connectivity index (χ2n) is 5.55. The minimum atomic E-state index is -0.295. The van der Waals surface area contributed by atoms with E-state index < -0.39 is 0 Å². The quantitative estimate of drug-likeness (QED) is 0.833. The van der Waals surface area contributed by atoms with Crippen molar-refractivity contribution in [2.24, 2.45) is 17.6 Å². The molecule has 0 radical (unpaired) electrons. The third-order valence-corrected chi connectivity index (χ3v) is 3.36. The number of nitrogens with two attached hydrogens (primary N) is 1. The molecule has 0 spiro atoms. The van der Waals surface area contributed by atoms with Crippen LogP contribution in [0.5, 0.6) is 0 Å². The lowest BCUT2D eigenvalue weighted by Crippen LogP contribution is -2.33. The van der Waals surface area contributed by atoms with E-state index in [0.717, 1.165) is 12.1 Å². The number of hydrogen-bond donors (Lipinski definition) is 1. The monoisotopic (exact) mass is 280 g/mol. The summed E-state index contributed by atoms with van der Waals surface area (Å²) in [5.74, 6) is 0.487. The molecule has 1 atom stereocenters. The zero-order valence-electron chi connectivity index (χ0n) is 12.6. The standard InChI is InChI=1S/C16H25FN2O/c1-4-19(15-7-5-14(17)6-8-15)16(20)10-13(11-18)9-12(2)3/h5-8,12-13H,4,9-11,18H2,1-3H3/t13-/m0/s1. The highest BCUT2D eigenvalue weighted by atomic mass is 19.1. The molecule has 112 valence electrons. The molecule has 0 aliphatic heterocycles. The van der Waals surface area contributed by atoms with Crippen molar-refractivity contribution in [2.45, 2.75) is 33.6 Å². The molecule has 1 rings (SSSR count). The minimum absolute atomic E-state index is 0.0511. The van der Waals surface area contributed by atoms with E-state index in [4.69, 9.17) is 5.73 Å². The van der Waals surface area contributed by atoms with Gasteiger partial charge in [0.2, 0.25) is 5.91 Å². The maximum absolute atomic E-state index is 12.9. The molecule has 0 aliphatic carbocycles. The van der Waals surface area contributed by atoms with Crippen LogP contribution in [0.4, 0.5) is 10.1 Å². The molecule has 0 aliphatic rings. The predicted octanol–water partition coefficient (Wildman–Crippen LogP) is 3.19. The minimum Gasteiger partial charge on any atom is -0.330 e. The molecule has 2 N–H and O–H groups in total. The molecule has 0 aromatic heterocycles. The Labute approximate surface area is 121 Å². The Morgan fingerprint density at radius 3 is 2.35 bits per heavy atom. The van der Waals surface area contributed by atoms with Gasteiger partial charge in [-0.2, -0.15) is 0 Å². The molecule has 4 heteroatoms. The number of amides is 1. The lowest BCUT2D eigenvalue weighted by molar-refractivity contribution is -0.119. The van der Waals surface area contributed by atoms with Crippen LogP contribution in [0.15, 0.2) is 24.3 Å². The van der Waals surface area contributed by atoms with E-state index in [1.54, 1.807) is 17.0 Å². The number of halogens is 1. The molecular weight excluding hydrogens is 255 g/mol. The van der Waals surface area contributed by atoms with Crippen LogP contribution in [0, 0.1) is 17.7 Å². The number of carbonyl (C=O) groups is 1. The molecule has 3 nitrogen and oxygen atoms in total. The van der Waals surface area contributed by atoms with E-state index in [1.165, 1.54) is 12.1 Å². The summed E-state index contributed by atoms with van der Waals surface area (Å²) in [5, 5.41) is 0. The molecule has 0 bridgehead atoms. The fraction of sp³-hybridized carbons (Fsp3) is 0.562. The van der Waals surface area contributed by atoms with Crippen LogP contribution in [-0.2, 0) is 4.79 Å². The van der Waals surface area contributed by atoms with Gasteiger partial charge in [0.05, 0.1) is 0 Å². The SMILES string of the molecule is CCN(C(=O)C[C@@H](CN)CC(C)C)c1ccc(F)cc1. The maximum atomic E-state index is 12.9. The zero-order valence-corrected chi connectivity index (χ0v) is 12.6. The zero-order chi connectivity index (χ0) is 15.1. The van der Waals surface area contributed by atoms with Crippen molar-refractivity contribution in [3.63, 3.8) is 0 Å². The van der Waals surface area contributed by atoms with Gasteiger partial charge in [0.25, 0.3) is 0 Å². The smallest absolute Gasteiger partial charge is 0.227 e. The molecule has 0 unspecified atom stereocenters. The topological polar surface area (TPSA) is 46.3 Å². The molecule has 0 fully saturated rings. The molecule has 1 amide bonds. The predicted molar refractivity (Wildman–Crippen MR) is 81.0 cm³/mol. The Morgan fingerprint density at radius 1 is 1.30 bits per heavy atom. The fourth-order valence-corrected chi connectivity index (χ4v) is 2.41. The van der Waals surface area contributed by atoms with Gasteiger partial charge in [-0.05, 0) is 56.0 Å². The van der Waals surface area contributed by atoms with Gasteiger partial charge in [-0.3, -0.25) is 4.79 Å². The van der Waals surface area contributed by atoms with Gasteiger partial charge in [0, 0.05) is 18.7 Å². The Balaban J connectivity index is 2.73. The van der Waals surface area contributed by atoms with E-state index in [9.17, 15) is 9.18 Å². The first-order valence-electron chi connectivity index (χ1n) is 7.23. The number of benzene rings is 1. The first-order chi connectivity index (χ1) is 9.47. The maximum Gasteiger partial charge on any atom is 0.227 e. The molecule has 1 aromatic carbocycles. The summed E-state index contributed by atoms with van der Waals surface area (Å²) < 4.78 is 12.9. The van der Waals surface area contributed by atoms with Crippen molar-refractivity contribution >= 4 is 11.6 Å². The average Bonchev–Trinajstić information content (AvgIpc) is 2.40. The first kappa shape index (κ1) is 16.6. The van der Waals surface area contributed by atoms with Gasteiger partial charge in [0.15, 0.2) is 0 Å². The van der Waals surface area contributed by atoms with E-state index >= 15 is 0 Å². The van der Waals surface area contributed by atoms with Crippen molar-refractivity contribution in [1.82, 2.24) is 0 Å². The second kappa shape index (κ2) is 8.00. The van der Waals surface area contributed by atoms with Crippen LogP contribution in [0.1, 0.15) is 33.6 Å². The normalized spacial score (nSPS) is 12.5. The van der Waals surface area contributed by atoms with Crippen molar-refractivity contribution in [3.8, 4) is 0 Å². The first-order valence-corrected chi connectivity index (χ1v) is 7.23. The van der Waals surface area contributed by atoms with Crippen LogP contribution < -0.4 is 10.6 Å². The summed E-state index contributed by atoms with van der Waals surface area (Å²) in [6.45, 7) is 7.27. The summed E-state index contributed by atoms with van der Waals surface area (Å²) in [6.07, 6.45) is 1.39. The van der Waals surface area contributed by atoms with Gasteiger partial charge in [-0.1, -0.05) is 13.8 Å². The van der Waals surface area contributed by atoms with Gasteiger partial charge >= 0.3 is 0 Å². The lowest BCUT2D eigenvalue weighted by atomic mass is 9.93. The van der Waals surface area contributed by atoms with Crippen molar-refractivity contribution in [1.29, 1.82) is 0 Å².